The van der Waals surface area contributed by atoms with Crippen LogP contribution in [0.3, 0.4) is 0 Å². The van der Waals surface area contributed by atoms with Crippen LogP contribution < -0.4 is 15.4 Å². The first kappa shape index (κ1) is 26.4. The third-order valence-corrected chi connectivity index (χ3v) is 5.98. The Bertz CT molecular complexity index is 1130. The molecule has 0 saturated heterocycles. The van der Waals surface area contributed by atoms with Crippen LogP contribution in [0.2, 0.25) is 0 Å². The lowest BCUT2D eigenvalue weighted by molar-refractivity contribution is 0.103. The molecule has 3 rings (SSSR count). The van der Waals surface area contributed by atoms with Crippen molar-refractivity contribution in [1.82, 2.24) is 5.32 Å². The largest absolute Gasteiger partial charge is 0.493 e. The van der Waals surface area contributed by atoms with Gasteiger partial charge in [-0.25, -0.2) is 0 Å². The molecule has 0 aromatic heterocycles. The van der Waals surface area contributed by atoms with E-state index < -0.39 is 0 Å². The van der Waals surface area contributed by atoms with E-state index in [1.807, 2.05) is 66.7 Å². The Labute approximate surface area is 215 Å². The van der Waals surface area contributed by atoms with Gasteiger partial charge in [0, 0.05) is 23.4 Å². The van der Waals surface area contributed by atoms with E-state index in [0.717, 1.165) is 43.9 Å². The number of ether oxygens (including phenoxy) is 1. The molecular weight excluding hydrogens is 452 g/mol. The Hall–Kier alpha value is -3.18. The second kappa shape index (κ2) is 12.5. The van der Waals surface area contributed by atoms with E-state index in [2.05, 4.69) is 44.4 Å². The molecule has 3 aromatic carbocycles. The second-order valence-corrected chi connectivity index (χ2v) is 10.1. The Kier molecular flexibility index (Phi) is 9.44. The van der Waals surface area contributed by atoms with Crippen molar-refractivity contribution < 1.29 is 9.53 Å². The Morgan fingerprint density at radius 1 is 0.943 bits per heavy atom. The zero-order valence-electron chi connectivity index (χ0n) is 21.2. The van der Waals surface area contributed by atoms with Gasteiger partial charge >= 0.3 is 0 Å². The fourth-order valence-electron chi connectivity index (χ4n) is 3.75. The van der Waals surface area contributed by atoms with Crippen LogP contribution in [0.1, 0.15) is 67.6 Å². The molecule has 0 amide bonds. The number of hydrogen-bond acceptors (Lipinski definition) is 3. The zero-order valence-corrected chi connectivity index (χ0v) is 22.0. The maximum absolute atomic E-state index is 13.0. The summed E-state index contributed by atoms with van der Waals surface area (Å²) in [6.07, 6.45) is 2.83. The van der Waals surface area contributed by atoms with Crippen molar-refractivity contribution in [2.75, 3.05) is 18.5 Å². The number of ketones is 1. The minimum absolute atomic E-state index is 0.00283. The third-order valence-electron chi connectivity index (χ3n) is 5.74. The van der Waals surface area contributed by atoms with E-state index in [9.17, 15) is 4.79 Å². The molecule has 0 heterocycles. The average Bonchev–Trinajstić information content (AvgIpc) is 2.85. The first-order valence-corrected chi connectivity index (χ1v) is 12.7. The number of carbonyl (C=O) groups excluding carboxylic acids is 1. The second-order valence-electron chi connectivity index (χ2n) is 9.68. The van der Waals surface area contributed by atoms with Crippen molar-refractivity contribution in [1.29, 1.82) is 0 Å². The van der Waals surface area contributed by atoms with Gasteiger partial charge in [-0.2, -0.15) is 0 Å². The molecule has 0 aliphatic heterocycles. The monoisotopic (exact) mass is 488 g/mol. The highest BCUT2D eigenvalue weighted by Gasteiger charge is 2.15. The van der Waals surface area contributed by atoms with Gasteiger partial charge in [-0.15, -0.1) is 0 Å². The van der Waals surface area contributed by atoms with E-state index in [-0.39, 0.29) is 11.2 Å². The molecule has 3 aromatic rings. The minimum Gasteiger partial charge on any atom is -0.493 e. The summed E-state index contributed by atoms with van der Waals surface area (Å²) in [6, 6.07) is 23.5. The molecule has 0 atom stereocenters. The van der Waals surface area contributed by atoms with Crippen LogP contribution in [0, 0.1) is 0 Å². The lowest BCUT2D eigenvalue weighted by Crippen LogP contribution is -2.29. The Morgan fingerprint density at radius 2 is 1.69 bits per heavy atom. The van der Waals surface area contributed by atoms with Crippen LogP contribution in [0.5, 0.6) is 5.75 Å². The summed E-state index contributed by atoms with van der Waals surface area (Å²) in [6.45, 7) is 10.1. The number of para-hydroxylation sites is 1. The van der Waals surface area contributed by atoms with Crippen LogP contribution in [0.4, 0.5) is 5.69 Å². The number of thiocarbonyl (C=S) groups is 1. The summed E-state index contributed by atoms with van der Waals surface area (Å²) in [5.41, 5.74) is 4.57. The van der Waals surface area contributed by atoms with Gasteiger partial charge in [0.15, 0.2) is 10.9 Å². The summed E-state index contributed by atoms with van der Waals surface area (Å²) in [5, 5.41) is 7.00. The lowest BCUT2D eigenvalue weighted by Gasteiger charge is -2.19. The third kappa shape index (κ3) is 7.93. The first-order valence-electron chi connectivity index (χ1n) is 12.3. The molecule has 184 valence electrons. The van der Waals surface area contributed by atoms with Crippen LogP contribution in [0.15, 0.2) is 72.8 Å². The van der Waals surface area contributed by atoms with Crippen molar-refractivity contribution >= 4 is 28.8 Å². The summed E-state index contributed by atoms with van der Waals surface area (Å²) < 4.78 is 5.84. The molecule has 0 radical (unpaired) electrons. The smallest absolute Gasteiger partial charge is 0.193 e. The zero-order chi connectivity index (χ0) is 25.3. The fraction of sp³-hybridized carbons (Fsp3) is 0.333. The van der Waals surface area contributed by atoms with Crippen LogP contribution in [0.25, 0.3) is 0 Å². The lowest BCUT2D eigenvalue weighted by atomic mass is 9.86. The normalized spacial score (nSPS) is 11.1. The van der Waals surface area contributed by atoms with Crippen molar-refractivity contribution in [2.24, 2.45) is 0 Å². The quantitative estimate of drug-likeness (QED) is 0.184. The van der Waals surface area contributed by atoms with Crippen molar-refractivity contribution in [3.63, 3.8) is 0 Å². The Morgan fingerprint density at radius 3 is 2.40 bits per heavy atom. The number of benzene rings is 3. The maximum Gasteiger partial charge on any atom is 0.193 e. The summed E-state index contributed by atoms with van der Waals surface area (Å²) in [5.74, 6) is 0.960. The van der Waals surface area contributed by atoms with E-state index in [1.165, 1.54) is 11.1 Å². The van der Waals surface area contributed by atoms with Gasteiger partial charge in [-0.3, -0.25) is 4.79 Å². The molecule has 2 N–H and O–H groups in total. The molecule has 0 fully saturated rings. The number of aryl methyl sites for hydroxylation is 1. The predicted molar refractivity (Wildman–Crippen MR) is 150 cm³/mol. The molecule has 0 aliphatic carbocycles. The molecule has 0 bridgehead atoms. The summed E-state index contributed by atoms with van der Waals surface area (Å²) in [4.78, 5) is 13.0. The summed E-state index contributed by atoms with van der Waals surface area (Å²) >= 11 is 5.47. The van der Waals surface area contributed by atoms with Crippen LogP contribution in [-0.4, -0.2) is 24.0 Å². The molecular formula is C30H36N2O2S. The van der Waals surface area contributed by atoms with Gasteiger partial charge in [0.1, 0.15) is 5.75 Å². The van der Waals surface area contributed by atoms with Gasteiger partial charge in [-0.05, 0) is 66.2 Å². The number of nitrogens with one attached hydrogen (secondary N) is 2. The number of carbonyl (C=O) groups is 1. The molecule has 35 heavy (non-hydrogen) atoms. The van der Waals surface area contributed by atoms with Gasteiger partial charge in [0.2, 0.25) is 0 Å². The summed E-state index contributed by atoms with van der Waals surface area (Å²) in [7, 11) is 0. The highest BCUT2D eigenvalue weighted by Crippen LogP contribution is 2.23. The molecule has 4 nitrogen and oxygen atoms in total. The highest BCUT2D eigenvalue weighted by molar-refractivity contribution is 7.80. The van der Waals surface area contributed by atoms with Gasteiger partial charge in [-0.1, -0.05) is 82.3 Å². The van der Waals surface area contributed by atoms with Crippen LogP contribution in [-0.2, 0) is 11.8 Å². The number of hydrogen-bond donors (Lipinski definition) is 2. The van der Waals surface area contributed by atoms with Crippen molar-refractivity contribution in [3.8, 4) is 5.75 Å². The standard InChI is InChI=1S/C30H36N2O2S/c1-5-20-34-27-14-7-6-10-22(27)12-9-19-31-29(35)32-26-13-8-11-24(21-26)28(33)23-15-17-25(18-16-23)30(2,3)4/h6-8,10-11,13-18,21H,5,9,12,19-20H2,1-4H3,(H2,31,32,35). The molecule has 0 saturated carbocycles. The molecule has 0 spiro atoms. The minimum atomic E-state index is -0.00283. The molecule has 0 aliphatic rings. The van der Waals surface area contributed by atoms with Gasteiger partial charge in [0.25, 0.3) is 0 Å². The Balaban J connectivity index is 1.51. The number of anilines is 1. The van der Waals surface area contributed by atoms with E-state index in [0.29, 0.717) is 16.2 Å². The fourth-order valence-corrected chi connectivity index (χ4v) is 3.97. The SMILES string of the molecule is CCCOc1ccccc1CCCNC(=S)Nc1cccc(C(=O)c2ccc(C(C)(C)C)cc2)c1. The average molecular weight is 489 g/mol. The van der Waals surface area contributed by atoms with Crippen molar-refractivity contribution in [2.45, 2.75) is 52.4 Å². The van der Waals surface area contributed by atoms with Crippen LogP contribution >= 0.6 is 12.2 Å². The predicted octanol–water partition coefficient (Wildman–Crippen LogP) is 6.92. The van der Waals surface area contributed by atoms with E-state index >= 15 is 0 Å². The topological polar surface area (TPSA) is 50.4 Å². The molecule has 0 unspecified atom stereocenters. The van der Waals surface area contributed by atoms with E-state index in [1.54, 1.807) is 0 Å². The van der Waals surface area contributed by atoms with E-state index in [4.69, 9.17) is 17.0 Å². The maximum atomic E-state index is 13.0. The highest BCUT2D eigenvalue weighted by atomic mass is 32.1. The molecule has 5 heteroatoms. The van der Waals surface area contributed by atoms with Gasteiger partial charge in [0.05, 0.1) is 6.61 Å². The van der Waals surface area contributed by atoms with Gasteiger partial charge < -0.3 is 15.4 Å². The van der Waals surface area contributed by atoms with Crippen molar-refractivity contribution in [3.05, 3.63) is 95.1 Å². The first-order chi connectivity index (χ1) is 16.8. The number of rotatable bonds is 10.